The Balaban J connectivity index is 2.85. The van der Waals surface area contributed by atoms with E-state index in [2.05, 4.69) is 6.58 Å². The van der Waals surface area contributed by atoms with Gasteiger partial charge in [-0.3, -0.25) is 0 Å². The van der Waals surface area contributed by atoms with Gasteiger partial charge in [0.15, 0.2) is 0 Å². The Kier molecular flexibility index (Phi) is 3.58. The summed E-state index contributed by atoms with van der Waals surface area (Å²) >= 11 is 0. The molecular weight excluding hydrogens is 208 g/mol. The Morgan fingerprint density at radius 3 is 2.27 bits per heavy atom. The number of hydrogen-bond acceptors (Lipinski definition) is 2. The molecule has 0 aliphatic rings. The molecule has 0 saturated heterocycles. The lowest BCUT2D eigenvalue weighted by Crippen LogP contribution is -2.10. The van der Waals surface area contributed by atoms with Crippen molar-refractivity contribution in [3.8, 4) is 0 Å². The van der Waals surface area contributed by atoms with Crippen LogP contribution in [-0.2, 0) is 8.98 Å². The van der Waals surface area contributed by atoms with Crippen molar-refractivity contribution in [3.05, 3.63) is 42.5 Å². The van der Waals surface area contributed by atoms with Gasteiger partial charge >= 0.3 is 5.97 Å². The van der Waals surface area contributed by atoms with Crippen molar-refractivity contribution in [2.45, 2.75) is 11.8 Å². The molecule has 15 heavy (non-hydrogen) atoms. The van der Waals surface area contributed by atoms with E-state index < -0.39 is 10.3 Å². The van der Waals surface area contributed by atoms with Gasteiger partial charge in [-0.05, 0) is 19.1 Å². The summed E-state index contributed by atoms with van der Waals surface area (Å²) in [7, 11) is -1.51. The Labute approximate surface area is 92.5 Å². The molecule has 0 N–H and O–H groups in total. The molecule has 0 heterocycles. The Morgan fingerprint density at radius 2 is 1.80 bits per heavy atom. The van der Waals surface area contributed by atoms with E-state index in [1.165, 1.54) is 0 Å². The van der Waals surface area contributed by atoms with Crippen LogP contribution in [0.2, 0.25) is 0 Å². The number of benzene rings is 1. The summed E-state index contributed by atoms with van der Waals surface area (Å²) in [5.41, 5.74) is 0.437. The maximum atomic E-state index is 11.4. The van der Waals surface area contributed by atoms with Gasteiger partial charge in [0.2, 0.25) is 0 Å². The van der Waals surface area contributed by atoms with Crippen molar-refractivity contribution in [2.24, 2.45) is 0 Å². The minimum absolute atomic E-state index is 0.321. The van der Waals surface area contributed by atoms with Gasteiger partial charge in [-0.1, -0.05) is 35.1 Å². The normalized spacial score (nSPS) is 11.9. The molecule has 0 atom stereocenters. The van der Waals surface area contributed by atoms with E-state index in [1.54, 1.807) is 6.92 Å². The van der Waals surface area contributed by atoms with Crippen molar-refractivity contribution in [1.29, 1.82) is 0 Å². The number of hydrogen-bond donors (Lipinski definition) is 0. The highest BCUT2D eigenvalue weighted by molar-refractivity contribution is 8.29. The first-order valence-corrected chi connectivity index (χ1v) is 6.98. The van der Waals surface area contributed by atoms with E-state index in [0.29, 0.717) is 5.57 Å². The second-order valence-electron chi connectivity index (χ2n) is 3.70. The molecule has 2 nitrogen and oxygen atoms in total. The lowest BCUT2D eigenvalue weighted by Gasteiger charge is -2.30. The van der Waals surface area contributed by atoms with Crippen molar-refractivity contribution in [3.63, 3.8) is 0 Å². The van der Waals surface area contributed by atoms with Crippen LogP contribution in [0.5, 0.6) is 0 Å². The van der Waals surface area contributed by atoms with Gasteiger partial charge in [-0.25, -0.2) is 4.79 Å². The third kappa shape index (κ3) is 3.13. The van der Waals surface area contributed by atoms with E-state index in [4.69, 9.17) is 4.18 Å². The molecule has 0 aromatic heterocycles. The van der Waals surface area contributed by atoms with Gasteiger partial charge in [-0.2, -0.15) is 0 Å². The zero-order valence-electron chi connectivity index (χ0n) is 9.32. The fraction of sp³-hybridized carbons (Fsp3) is 0.250. The molecule has 0 saturated carbocycles. The maximum absolute atomic E-state index is 11.4. The molecule has 0 spiro atoms. The van der Waals surface area contributed by atoms with Crippen LogP contribution in [-0.4, -0.2) is 18.5 Å². The summed E-state index contributed by atoms with van der Waals surface area (Å²) in [6.07, 6.45) is 3.90. The van der Waals surface area contributed by atoms with Crippen LogP contribution < -0.4 is 0 Å². The zero-order chi connectivity index (χ0) is 11.5. The van der Waals surface area contributed by atoms with E-state index in [0.717, 1.165) is 4.90 Å². The summed E-state index contributed by atoms with van der Waals surface area (Å²) in [6, 6.07) is 9.78. The number of carbonyl (C=O) groups excluding carboxylic acids is 1. The van der Waals surface area contributed by atoms with Crippen molar-refractivity contribution < 1.29 is 8.98 Å². The Bertz CT molecular complexity index is 368. The van der Waals surface area contributed by atoms with Crippen LogP contribution in [0.3, 0.4) is 0 Å². The molecule has 1 rings (SSSR count). The second-order valence-corrected chi connectivity index (χ2v) is 6.80. The van der Waals surface area contributed by atoms with E-state index in [-0.39, 0.29) is 5.97 Å². The highest BCUT2D eigenvalue weighted by Gasteiger charge is 2.19. The third-order valence-electron chi connectivity index (χ3n) is 1.94. The van der Waals surface area contributed by atoms with Crippen LogP contribution >= 0.6 is 10.3 Å². The van der Waals surface area contributed by atoms with Gasteiger partial charge in [0.25, 0.3) is 0 Å². The molecule has 0 fully saturated rings. The quantitative estimate of drug-likeness (QED) is 0.737. The largest absolute Gasteiger partial charge is 0.408 e. The summed E-state index contributed by atoms with van der Waals surface area (Å²) < 4.78 is 5.43. The van der Waals surface area contributed by atoms with Crippen LogP contribution in [0, 0.1) is 0 Å². The van der Waals surface area contributed by atoms with Crippen LogP contribution in [0.4, 0.5) is 0 Å². The van der Waals surface area contributed by atoms with Crippen molar-refractivity contribution in [2.75, 3.05) is 12.5 Å². The van der Waals surface area contributed by atoms with Crippen molar-refractivity contribution >= 4 is 16.3 Å². The predicted molar refractivity (Wildman–Crippen MR) is 65.1 cm³/mol. The molecule has 0 unspecified atom stereocenters. The molecular formula is C12H16O2S. The summed E-state index contributed by atoms with van der Waals surface area (Å²) in [4.78, 5) is 12.5. The van der Waals surface area contributed by atoms with E-state index >= 15 is 0 Å². The van der Waals surface area contributed by atoms with Gasteiger partial charge < -0.3 is 4.18 Å². The van der Waals surface area contributed by atoms with Crippen LogP contribution in [0.1, 0.15) is 6.92 Å². The summed E-state index contributed by atoms with van der Waals surface area (Å²) in [6.45, 7) is 5.23. The maximum Gasteiger partial charge on any atom is 0.343 e. The molecule has 0 aliphatic heterocycles. The molecule has 82 valence electrons. The Morgan fingerprint density at radius 1 is 1.27 bits per heavy atom. The van der Waals surface area contributed by atoms with Gasteiger partial charge in [0, 0.05) is 23.0 Å². The lowest BCUT2D eigenvalue weighted by molar-refractivity contribution is -0.129. The highest BCUT2D eigenvalue weighted by Crippen LogP contribution is 2.50. The van der Waals surface area contributed by atoms with Crippen LogP contribution in [0.15, 0.2) is 47.4 Å². The first-order valence-electron chi connectivity index (χ1n) is 4.61. The fourth-order valence-electron chi connectivity index (χ4n) is 1.06. The molecule has 0 radical (unpaired) electrons. The minimum atomic E-state index is -1.51. The summed E-state index contributed by atoms with van der Waals surface area (Å²) in [5, 5.41) is 0. The molecule has 1 aromatic carbocycles. The van der Waals surface area contributed by atoms with Gasteiger partial charge in [0.05, 0.1) is 0 Å². The fourth-order valence-corrected chi connectivity index (χ4v) is 2.49. The topological polar surface area (TPSA) is 26.3 Å². The predicted octanol–water partition coefficient (Wildman–Crippen LogP) is 3.14. The second kappa shape index (κ2) is 4.53. The van der Waals surface area contributed by atoms with E-state index in [9.17, 15) is 4.79 Å². The van der Waals surface area contributed by atoms with Crippen LogP contribution in [0.25, 0.3) is 0 Å². The smallest absolute Gasteiger partial charge is 0.343 e. The molecule has 3 heteroatoms. The first kappa shape index (κ1) is 11.9. The first-order chi connectivity index (χ1) is 6.93. The minimum Gasteiger partial charge on any atom is -0.408 e. The average molecular weight is 224 g/mol. The van der Waals surface area contributed by atoms with Crippen molar-refractivity contribution in [1.82, 2.24) is 0 Å². The van der Waals surface area contributed by atoms with E-state index in [1.807, 2.05) is 42.8 Å². The standard InChI is InChI=1S/C12H16O2S/c1-10(2)12(13)14-15(3,4)11-8-6-5-7-9-11/h5-9H,1H2,2-4H3. The SMILES string of the molecule is C=C(C)C(=O)OS(C)(C)c1ccccc1. The van der Waals surface area contributed by atoms with Gasteiger partial charge in [-0.15, -0.1) is 0 Å². The molecule has 0 aliphatic carbocycles. The third-order valence-corrected chi connectivity index (χ3v) is 3.92. The number of carbonyl (C=O) groups is 1. The number of rotatable bonds is 3. The Hall–Kier alpha value is -1.22. The van der Waals surface area contributed by atoms with Gasteiger partial charge in [0.1, 0.15) is 0 Å². The average Bonchev–Trinajstić information content (AvgIpc) is 2.18. The molecule has 1 aromatic rings. The zero-order valence-corrected chi connectivity index (χ0v) is 10.1. The lowest BCUT2D eigenvalue weighted by atomic mass is 10.4. The monoisotopic (exact) mass is 224 g/mol. The molecule has 0 bridgehead atoms. The summed E-state index contributed by atoms with van der Waals surface area (Å²) in [5.74, 6) is -0.321. The highest BCUT2D eigenvalue weighted by atomic mass is 32.3. The molecule has 0 amide bonds.